The predicted molar refractivity (Wildman–Crippen MR) is 268 cm³/mol. The fraction of sp³-hybridized carbons (Fsp3) is 0. The summed E-state index contributed by atoms with van der Waals surface area (Å²) >= 11 is 0. The van der Waals surface area contributed by atoms with Crippen molar-refractivity contribution in [3.8, 4) is 55.6 Å². The average Bonchev–Trinajstić information content (AvgIpc) is 3.75. The van der Waals surface area contributed by atoms with Crippen molar-refractivity contribution in [3.63, 3.8) is 0 Å². The van der Waals surface area contributed by atoms with Gasteiger partial charge in [0.25, 0.3) is 0 Å². The van der Waals surface area contributed by atoms with E-state index in [1.54, 1.807) is 0 Å². The van der Waals surface area contributed by atoms with Crippen LogP contribution in [0.1, 0.15) is 0 Å². The molecule has 0 saturated heterocycles. The van der Waals surface area contributed by atoms with Gasteiger partial charge in [0.1, 0.15) is 11.2 Å². The maximum absolute atomic E-state index is 7.13. The summed E-state index contributed by atoms with van der Waals surface area (Å²) in [7, 11) is 0. The SMILES string of the molecule is c1ccc(-c2ccc(-c3c4ccccc4c(-c4cccc5oc6c(-c7c8ccccc8c(-c8ccccc8)c8ccccc78)cccc6c45)c4ccccc34)c3ccccc23)cc1. The Morgan fingerprint density at radius 2 is 0.571 bits per heavy atom. The Bertz CT molecular complexity index is 3840. The minimum absolute atomic E-state index is 0.879. The zero-order valence-electron chi connectivity index (χ0n) is 34.3. The largest absolute Gasteiger partial charge is 0.455 e. The molecule has 0 fully saturated rings. The molecule has 0 saturated carbocycles. The second kappa shape index (κ2) is 14.2. The van der Waals surface area contributed by atoms with E-state index in [-0.39, 0.29) is 0 Å². The highest BCUT2D eigenvalue weighted by atomic mass is 16.3. The molecule has 0 unspecified atom stereocenters. The number of hydrogen-bond donors (Lipinski definition) is 0. The van der Waals surface area contributed by atoms with Gasteiger partial charge in [-0.2, -0.15) is 0 Å². The van der Waals surface area contributed by atoms with Crippen molar-refractivity contribution in [2.45, 2.75) is 0 Å². The van der Waals surface area contributed by atoms with E-state index in [4.69, 9.17) is 4.42 Å². The van der Waals surface area contributed by atoms with Crippen LogP contribution >= 0.6 is 0 Å². The highest BCUT2D eigenvalue weighted by Crippen LogP contribution is 2.51. The van der Waals surface area contributed by atoms with Crippen LogP contribution in [0.5, 0.6) is 0 Å². The van der Waals surface area contributed by atoms with Crippen molar-refractivity contribution in [3.05, 3.63) is 231 Å². The number of fused-ring (bicyclic) bond motifs is 8. The van der Waals surface area contributed by atoms with Gasteiger partial charge >= 0.3 is 0 Å². The third kappa shape index (κ3) is 5.37. The molecule has 1 nitrogen and oxygen atoms in total. The van der Waals surface area contributed by atoms with Crippen molar-refractivity contribution in [1.29, 1.82) is 0 Å². The minimum Gasteiger partial charge on any atom is -0.455 e. The fourth-order valence-corrected chi connectivity index (χ4v) is 10.7. The van der Waals surface area contributed by atoms with Gasteiger partial charge in [-0.3, -0.25) is 0 Å². The molecule has 0 aliphatic heterocycles. The number of hydrogen-bond acceptors (Lipinski definition) is 1. The van der Waals surface area contributed by atoms with E-state index in [2.05, 4.69) is 231 Å². The maximum Gasteiger partial charge on any atom is 0.143 e. The van der Waals surface area contributed by atoms with E-state index in [9.17, 15) is 0 Å². The van der Waals surface area contributed by atoms with Crippen molar-refractivity contribution in [2.24, 2.45) is 0 Å². The van der Waals surface area contributed by atoms with Gasteiger partial charge in [-0.05, 0) is 104 Å². The van der Waals surface area contributed by atoms with Crippen LogP contribution in [0.3, 0.4) is 0 Å². The minimum atomic E-state index is 0.879. The van der Waals surface area contributed by atoms with Gasteiger partial charge in [0, 0.05) is 21.9 Å². The molecule has 0 aliphatic rings. The lowest BCUT2D eigenvalue weighted by Gasteiger charge is -2.20. The van der Waals surface area contributed by atoms with Crippen LogP contribution in [0.15, 0.2) is 235 Å². The second-order valence-corrected chi connectivity index (χ2v) is 16.6. The molecular weight excluding hydrogens is 761 g/mol. The van der Waals surface area contributed by atoms with Crippen molar-refractivity contribution >= 4 is 75.8 Å². The lowest BCUT2D eigenvalue weighted by Crippen LogP contribution is -1.93. The molecule has 0 radical (unpaired) electrons. The highest BCUT2D eigenvalue weighted by molar-refractivity contribution is 6.29. The molecular formula is C62H38O. The van der Waals surface area contributed by atoms with Gasteiger partial charge < -0.3 is 4.42 Å². The molecule has 12 aromatic carbocycles. The fourth-order valence-electron chi connectivity index (χ4n) is 10.7. The smallest absolute Gasteiger partial charge is 0.143 e. The number of benzene rings is 12. The molecule has 1 heteroatoms. The van der Waals surface area contributed by atoms with Crippen molar-refractivity contribution in [2.75, 3.05) is 0 Å². The molecule has 0 aliphatic carbocycles. The van der Waals surface area contributed by atoms with E-state index in [0.717, 1.165) is 27.5 Å². The first-order valence-electron chi connectivity index (χ1n) is 21.8. The second-order valence-electron chi connectivity index (χ2n) is 16.6. The van der Waals surface area contributed by atoms with Crippen LogP contribution in [-0.2, 0) is 0 Å². The van der Waals surface area contributed by atoms with E-state index in [1.165, 1.54) is 104 Å². The third-order valence-corrected chi connectivity index (χ3v) is 13.3. The van der Waals surface area contributed by atoms with Crippen LogP contribution < -0.4 is 0 Å². The van der Waals surface area contributed by atoms with Gasteiger partial charge in [0.05, 0.1) is 0 Å². The summed E-state index contributed by atoms with van der Waals surface area (Å²) in [6.07, 6.45) is 0. The molecule has 63 heavy (non-hydrogen) atoms. The standard InChI is InChI=1S/C62H38O/c1-3-19-39(20-4-1)41-37-38-52(43-24-8-7-23-42(41)43)58-48-29-13-15-31-50(48)59(51-32-16-14-30-49(51)58)53-33-18-36-56-61(53)55-35-17-34-54(62(55)63-56)60-46-27-11-9-25-44(46)57(40-21-5-2-6-22-40)45-26-10-12-28-47(45)60/h1-38H. The van der Waals surface area contributed by atoms with Gasteiger partial charge in [-0.1, -0.05) is 224 Å². The summed E-state index contributed by atoms with van der Waals surface area (Å²) in [5.74, 6) is 0. The zero-order chi connectivity index (χ0) is 41.4. The Morgan fingerprint density at radius 3 is 1.11 bits per heavy atom. The maximum atomic E-state index is 7.13. The Labute approximate surface area is 364 Å². The summed E-state index contributed by atoms with van der Waals surface area (Å²) in [6, 6.07) is 84.0. The highest BCUT2D eigenvalue weighted by Gasteiger charge is 2.24. The van der Waals surface area contributed by atoms with Gasteiger partial charge in [0.2, 0.25) is 0 Å². The average molecular weight is 799 g/mol. The Balaban J connectivity index is 1.09. The first-order chi connectivity index (χ1) is 31.3. The van der Waals surface area contributed by atoms with Crippen LogP contribution in [0, 0.1) is 0 Å². The molecule has 0 N–H and O–H groups in total. The van der Waals surface area contributed by atoms with E-state index in [0.29, 0.717) is 0 Å². The number of furan rings is 1. The zero-order valence-corrected chi connectivity index (χ0v) is 34.3. The van der Waals surface area contributed by atoms with Crippen LogP contribution in [0.2, 0.25) is 0 Å². The Morgan fingerprint density at radius 1 is 0.206 bits per heavy atom. The third-order valence-electron chi connectivity index (χ3n) is 13.3. The summed E-state index contributed by atoms with van der Waals surface area (Å²) in [5, 5.41) is 14.5. The molecule has 0 amide bonds. The van der Waals surface area contributed by atoms with E-state index in [1.807, 2.05) is 0 Å². The van der Waals surface area contributed by atoms with Crippen molar-refractivity contribution < 1.29 is 4.42 Å². The first kappa shape index (κ1) is 35.5. The molecule has 1 heterocycles. The molecule has 0 bridgehead atoms. The summed E-state index contributed by atoms with van der Waals surface area (Å²) in [5.41, 5.74) is 13.9. The monoisotopic (exact) mass is 798 g/mol. The first-order valence-corrected chi connectivity index (χ1v) is 21.8. The van der Waals surface area contributed by atoms with E-state index >= 15 is 0 Å². The lowest BCUT2D eigenvalue weighted by molar-refractivity contribution is 0.670. The molecule has 13 rings (SSSR count). The van der Waals surface area contributed by atoms with Gasteiger partial charge in [0.15, 0.2) is 0 Å². The van der Waals surface area contributed by atoms with E-state index < -0.39 is 0 Å². The van der Waals surface area contributed by atoms with Crippen LogP contribution in [-0.4, -0.2) is 0 Å². The molecule has 13 aromatic rings. The van der Waals surface area contributed by atoms with Gasteiger partial charge in [-0.25, -0.2) is 0 Å². The van der Waals surface area contributed by atoms with Crippen LogP contribution in [0.4, 0.5) is 0 Å². The summed E-state index contributed by atoms with van der Waals surface area (Å²) in [4.78, 5) is 0. The Hall–Kier alpha value is -8.26. The molecule has 1 aromatic heterocycles. The van der Waals surface area contributed by atoms with Crippen molar-refractivity contribution in [1.82, 2.24) is 0 Å². The number of rotatable bonds is 5. The normalized spacial score (nSPS) is 11.8. The Kier molecular flexibility index (Phi) is 7.98. The predicted octanol–water partition coefficient (Wildman–Crippen LogP) is 17.7. The number of para-hydroxylation sites is 1. The quantitative estimate of drug-likeness (QED) is 0.158. The topological polar surface area (TPSA) is 13.1 Å². The summed E-state index contributed by atoms with van der Waals surface area (Å²) < 4.78 is 7.13. The molecule has 292 valence electrons. The lowest BCUT2D eigenvalue weighted by atomic mass is 9.83. The van der Waals surface area contributed by atoms with Crippen LogP contribution in [0.25, 0.3) is 131 Å². The summed E-state index contributed by atoms with van der Waals surface area (Å²) in [6.45, 7) is 0. The molecule has 0 spiro atoms. The molecule has 0 atom stereocenters. The van der Waals surface area contributed by atoms with Gasteiger partial charge in [-0.15, -0.1) is 0 Å².